The minimum Gasteiger partial charge on any atom is -0.319 e. The Labute approximate surface area is 117 Å². The van der Waals surface area contributed by atoms with Crippen LogP contribution in [0.3, 0.4) is 0 Å². The van der Waals surface area contributed by atoms with Crippen LogP contribution in [-0.2, 0) is 4.79 Å². The lowest BCUT2D eigenvalue weighted by Crippen LogP contribution is -2.38. The first-order chi connectivity index (χ1) is 9.13. The number of hydrogen-bond acceptors (Lipinski definition) is 3. The summed E-state index contributed by atoms with van der Waals surface area (Å²) in [5.74, 6) is 0.888. The van der Waals surface area contributed by atoms with Crippen molar-refractivity contribution in [2.45, 2.75) is 25.6 Å². The average Bonchev–Trinajstić information content (AvgIpc) is 2.79. The van der Waals surface area contributed by atoms with Crippen LogP contribution in [0.4, 0.5) is 4.39 Å². The highest BCUT2D eigenvalue weighted by Crippen LogP contribution is 2.26. The standard InChI is InChI=1S/C14H19FN2OS/c1-10(7-8-19-2)17-13(18)9-16-14(17)11-3-5-12(15)6-4-11/h3-6,10,14,16H,7-9H2,1-2H3. The maximum absolute atomic E-state index is 13.0. The Kier molecular flexibility index (Phi) is 4.82. The van der Waals surface area contributed by atoms with E-state index in [1.165, 1.54) is 12.1 Å². The number of amides is 1. The van der Waals surface area contributed by atoms with Gasteiger partial charge < -0.3 is 4.90 Å². The van der Waals surface area contributed by atoms with E-state index in [0.717, 1.165) is 17.7 Å². The third kappa shape index (κ3) is 3.28. The highest BCUT2D eigenvalue weighted by Gasteiger charge is 2.34. The maximum atomic E-state index is 13.0. The van der Waals surface area contributed by atoms with Crippen molar-refractivity contribution in [2.75, 3.05) is 18.6 Å². The van der Waals surface area contributed by atoms with Crippen molar-refractivity contribution in [3.8, 4) is 0 Å². The summed E-state index contributed by atoms with van der Waals surface area (Å²) in [6.45, 7) is 2.42. The number of hydrogen-bond donors (Lipinski definition) is 1. The molecule has 0 spiro atoms. The third-order valence-corrected chi connectivity index (χ3v) is 4.06. The molecule has 1 aliphatic heterocycles. The Morgan fingerprint density at radius 1 is 1.47 bits per heavy atom. The molecule has 1 heterocycles. The molecule has 2 atom stereocenters. The number of carbonyl (C=O) groups is 1. The zero-order chi connectivity index (χ0) is 13.8. The molecule has 19 heavy (non-hydrogen) atoms. The molecule has 1 saturated heterocycles. The van der Waals surface area contributed by atoms with Gasteiger partial charge in [0.05, 0.1) is 6.54 Å². The normalized spacial score (nSPS) is 20.9. The van der Waals surface area contributed by atoms with Crippen molar-refractivity contribution in [1.82, 2.24) is 10.2 Å². The summed E-state index contributed by atoms with van der Waals surface area (Å²) in [6, 6.07) is 6.53. The van der Waals surface area contributed by atoms with Crippen molar-refractivity contribution in [2.24, 2.45) is 0 Å². The van der Waals surface area contributed by atoms with E-state index < -0.39 is 0 Å². The molecule has 1 aromatic rings. The number of rotatable bonds is 5. The first kappa shape index (κ1) is 14.3. The topological polar surface area (TPSA) is 32.3 Å². The molecule has 1 aliphatic rings. The molecule has 1 fully saturated rings. The van der Waals surface area contributed by atoms with E-state index in [4.69, 9.17) is 0 Å². The molecule has 0 radical (unpaired) electrons. The van der Waals surface area contributed by atoms with Crippen molar-refractivity contribution in [3.63, 3.8) is 0 Å². The highest BCUT2D eigenvalue weighted by molar-refractivity contribution is 7.98. The summed E-state index contributed by atoms with van der Waals surface area (Å²) in [4.78, 5) is 13.9. The molecular weight excluding hydrogens is 263 g/mol. The smallest absolute Gasteiger partial charge is 0.238 e. The summed E-state index contributed by atoms with van der Waals surface area (Å²) in [7, 11) is 0. The fourth-order valence-corrected chi connectivity index (χ4v) is 2.95. The van der Waals surface area contributed by atoms with Crippen LogP contribution < -0.4 is 5.32 Å². The molecule has 5 heteroatoms. The zero-order valence-corrected chi connectivity index (χ0v) is 12.0. The largest absolute Gasteiger partial charge is 0.319 e. The molecule has 1 N–H and O–H groups in total. The van der Waals surface area contributed by atoms with Crippen LogP contribution in [0.15, 0.2) is 24.3 Å². The Morgan fingerprint density at radius 3 is 2.79 bits per heavy atom. The minimum absolute atomic E-state index is 0.114. The lowest BCUT2D eigenvalue weighted by atomic mass is 10.1. The maximum Gasteiger partial charge on any atom is 0.238 e. The predicted octanol–water partition coefficient (Wildman–Crippen LogP) is 2.40. The number of thioether (sulfide) groups is 1. The molecular formula is C14H19FN2OS. The van der Waals surface area contributed by atoms with Crippen LogP contribution in [0.1, 0.15) is 25.1 Å². The Hall–Kier alpha value is -1.07. The van der Waals surface area contributed by atoms with Gasteiger partial charge in [0.15, 0.2) is 0 Å². The summed E-state index contributed by atoms with van der Waals surface area (Å²) in [5.41, 5.74) is 0.934. The molecule has 0 aliphatic carbocycles. The second kappa shape index (κ2) is 6.39. The van der Waals surface area contributed by atoms with Crippen molar-refractivity contribution in [3.05, 3.63) is 35.6 Å². The summed E-state index contributed by atoms with van der Waals surface area (Å²) < 4.78 is 13.0. The average molecular weight is 282 g/mol. The van der Waals surface area contributed by atoms with Crippen molar-refractivity contribution in [1.29, 1.82) is 0 Å². The van der Waals surface area contributed by atoms with Crippen LogP contribution in [0.5, 0.6) is 0 Å². The number of nitrogens with zero attached hydrogens (tertiary/aromatic N) is 1. The Balaban J connectivity index is 2.14. The number of halogens is 1. The zero-order valence-electron chi connectivity index (χ0n) is 11.2. The molecule has 104 valence electrons. The van der Waals surface area contributed by atoms with E-state index in [9.17, 15) is 9.18 Å². The van der Waals surface area contributed by atoms with E-state index in [2.05, 4.69) is 18.5 Å². The van der Waals surface area contributed by atoms with Crippen molar-refractivity contribution >= 4 is 17.7 Å². The highest BCUT2D eigenvalue weighted by atomic mass is 32.2. The minimum atomic E-state index is -0.255. The van der Waals surface area contributed by atoms with E-state index in [1.807, 2.05) is 4.90 Å². The molecule has 2 unspecified atom stereocenters. The second-order valence-corrected chi connectivity index (χ2v) is 5.75. The van der Waals surface area contributed by atoms with Gasteiger partial charge in [-0.25, -0.2) is 4.39 Å². The van der Waals surface area contributed by atoms with Gasteiger partial charge in [-0.2, -0.15) is 11.8 Å². The van der Waals surface area contributed by atoms with Gasteiger partial charge >= 0.3 is 0 Å². The summed E-state index contributed by atoms with van der Waals surface area (Å²) in [5, 5.41) is 3.20. The van der Waals surface area contributed by atoms with E-state index in [0.29, 0.717) is 6.54 Å². The van der Waals surface area contributed by atoms with Gasteiger partial charge in [0.1, 0.15) is 12.0 Å². The van der Waals surface area contributed by atoms with Gasteiger partial charge in [0, 0.05) is 6.04 Å². The fraction of sp³-hybridized carbons (Fsp3) is 0.500. The van der Waals surface area contributed by atoms with Gasteiger partial charge in [-0.1, -0.05) is 12.1 Å². The molecule has 1 aromatic carbocycles. The Bertz CT molecular complexity index is 438. The van der Waals surface area contributed by atoms with Crippen molar-refractivity contribution < 1.29 is 9.18 Å². The quantitative estimate of drug-likeness (QED) is 0.900. The van der Waals surface area contributed by atoms with Gasteiger partial charge in [0.2, 0.25) is 5.91 Å². The molecule has 0 aromatic heterocycles. The second-order valence-electron chi connectivity index (χ2n) is 4.77. The predicted molar refractivity (Wildman–Crippen MR) is 76.5 cm³/mol. The summed E-state index contributed by atoms with van der Waals surface area (Å²) in [6.07, 6.45) is 2.89. The van der Waals surface area contributed by atoms with Crippen LogP contribution >= 0.6 is 11.8 Å². The molecule has 1 amide bonds. The van der Waals surface area contributed by atoms with E-state index >= 15 is 0 Å². The van der Waals surface area contributed by atoms with Crippen LogP contribution in [0.2, 0.25) is 0 Å². The van der Waals surface area contributed by atoms with Gasteiger partial charge in [-0.05, 0) is 43.0 Å². The molecule has 0 saturated carbocycles. The summed E-state index contributed by atoms with van der Waals surface area (Å²) >= 11 is 1.78. The van der Waals surface area contributed by atoms with Gasteiger partial charge in [0.25, 0.3) is 0 Å². The fourth-order valence-electron chi connectivity index (χ4n) is 2.37. The monoisotopic (exact) mass is 282 g/mol. The number of nitrogens with one attached hydrogen (secondary N) is 1. The van der Waals surface area contributed by atoms with Gasteiger partial charge in [-0.15, -0.1) is 0 Å². The van der Waals surface area contributed by atoms with Crippen LogP contribution in [0, 0.1) is 5.82 Å². The third-order valence-electron chi connectivity index (χ3n) is 3.41. The lowest BCUT2D eigenvalue weighted by Gasteiger charge is -2.30. The number of benzene rings is 1. The number of carbonyl (C=O) groups excluding carboxylic acids is 1. The van der Waals surface area contributed by atoms with Crippen LogP contribution in [0.25, 0.3) is 0 Å². The lowest BCUT2D eigenvalue weighted by molar-refractivity contribution is -0.130. The first-order valence-corrected chi connectivity index (χ1v) is 7.82. The van der Waals surface area contributed by atoms with Gasteiger partial charge in [-0.3, -0.25) is 10.1 Å². The molecule has 2 rings (SSSR count). The van der Waals surface area contributed by atoms with E-state index in [-0.39, 0.29) is 23.9 Å². The van der Waals surface area contributed by atoms with E-state index in [1.54, 1.807) is 23.9 Å². The first-order valence-electron chi connectivity index (χ1n) is 6.42. The SMILES string of the molecule is CSCCC(C)N1C(=O)CNC1c1ccc(F)cc1. The Morgan fingerprint density at radius 2 is 2.16 bits per heavy atom. The van der Waals surface area contributed by atoms with Crippen LogP contribution in [-0.4, -0.2) is 35.4 Å². The molecule has 3 nitrogen and oxygen atoms in total. The molecule has 0 bridgehead atoms.